The lowest BCUT2D eigenvalue weighted by Gasteiger charge is -2.10. The Morgan fingerprint density at radius 1 is 1.33 bits per heavy atom. The third-order valence-electron chi connectivity index (χ3n) is 3.46. The summed E-state index contributed by atoms with van der Waals surface area (Å²) in [6, 6.07) is 0. The number of aromatic nitrogens is 1. The summed E-state index contributed by atoms with van der Waals surface area (Å²) in [6.07, 6.45) is 3.34. The molecule has 7 heteroatoms. The molecule has 1 rings (SSSR count). The van der Waals surface area contributed by atoms with E-state index in [1.807, 2.05) is 6.92 Å². The van der Waals surface area contributed by atoms with Crippen LogP contribution in [0.15, 0.2) is 10.4 Å². The minimum absolute atomic E-state index is 0.137. The molecule has 0 aromatic carbocycles. The fourth-order valence-electron chi connectivity index (χ4n) is 2.03. The van der Waals surface area contributed by atoms with Gasteiger partial charge in [0.2, 0.25) is 0 Å². The third-order valence-corrected chi connectivity index (χ3v) is 4.31. The predicted molar refractivity (Wildman–Crippen MR) is 99.5 cm³/mol. The van der Waals surface area contributed by atoms with E-state index in [-0.39, 0.29) is 5.97 Å². The van der Waals surface area contributed by atoms with Gasteiger partial charge in [-0.05, 0) is 25.7 Å². The standard InChI is InChI=1S/C17H30N4O2S/c1-5-18-17(19-10-8-6-7-9-16(22)23-4)20-11-15-21-14(12-24-15)13(2)3/h12-13H,5-11H2,1-4H3,(H2,18,19,20). The molecule has 0 aliphatic rings. The zero-order chi connectivity index (χ0) is 17.8. The van der Waals surface area contributed by atoms with E-state index >= 15 is 0 Å². The maximum atomic E-state index is 11.0. The Bertz CT molecular complexity index is 514. The summed E-state index contributed by atoms with van der Waals surface area (Å²) in [7, 11) is 1.43. The summed E-state index contributed by atoms with van der Waals surface area (Å²) in [5.41, 5.74) is 1.13. The molecule has 0 saturated carbocycles. The molecule has 1 heterocycles. The molecule has 24 heavy (non-hydrogen) atoms. The van der Waals surface area contributed by atoms with Crippen molar-refractivity contribution in [3.63, 3.8) is 0 Å². The topological polar surface area (TPSA) is 75.6 Å². The lowest BCUT2D eigenvalue weighted by Crippen LogP contribution is -2.37. The number of nitrogens with zero attached hydrogens (tertiary/aromatic N) is 2. The van der Waals surface area contributed by atoms with Crippen molar-refractivity contribution in [1.82, 2.24) is 15.6 Å². The van der Waals surface area contributed by atoms with Crippen LogP contribution in [0.1, 0.15) is 63.1 Å². The van der Waals surface area contributed by atoms with Crippen LogP contribution in [0.4, 0.5) is 0 Å². The van der Waals surface area contributed by atoms with Gasteiger partial charge in [-0.3, -0.25) is 4.79 Å². The maximum Gasteiger partial charge on any atom is 0.305 e. The Balaban J connectivity index is 2.32. The maximum absolute atomic E-state index is 11.0. The van der Waals surface area contributed by atoms with Crippen LogP contribution in [0.5, 0.6) is 0 Å². The van der Waals surface area contributed by atoms with E-state index in [9.17, 15) is 4.79 Å². The zero-order valence-electron chi connectivity index (χ0n) is 15.2. The number of guanidine groups is 1. The summed E-state index contributed by atoms with van der Waals surface area (Å²) in [5.74, 6) is 1.13. The molecule has 0 fully saturated rings. The minimum atomic E-state index is -0.137. The number of carbonyl (C=O) groups excluding carboxylic acids is 1. The Kier molecular flexibility index (Phi) is 10.1. The number of methoxy groups -OCH3 is 1. The molecule has 0 bridgehead atoms. The SMILES string of the molecule is CCNC(=NCc1nc(C(C)C)cs1)NCCCCCC(=O)OC. The van der Waals surface area contributed by atoms with Gasteiger partial charge in [-0.15, -0.1) is 11.3 Å². The molecular weight excluding hydrogens is 324 g/mol. The van der Waals surface area contributed by atoms with Crippen molar-refractivity contribution >= 4 is 23.3 Å². The number of esters is 1. The molecule has 0 atom stereocenters. The molecule has 0 unspecified atom stereocenters. The number of hydrogen-bond donors (Lipinski definition) is 2. The van der Waals surface area contributed by atoms with Gasteiger partial charge in [0.05, 0.1) is 19.3 Å². The smallest absolute Gasteiger partial charge is 0.305 e. The predicted octanol–water partition coefficient (Wildman–Crippen LogP) is 3.06. The highest BCUT2D eigenvalue weighted by molar-refractivity contribution is 7.09. The number of nitrogens with one attached hydrogen (secondary N) is 2. The van der Waals surface area contributed by atoms with Crippen molar-refractivity contribution in [1.29, 1.82) is 0 Å². The fourth-order valence-corrected chi connectivity index (χ4v) is 2.91. The second-order valence-corrected chi connectivity index (χ2v) is 6.77. The highest BCUT2D eigenvalue weighted by Crippen LogP contribution is 2.18. The summed E-state index contributed by atoms with van der Waals surface area (Å²) in [4.78, 5) is 20.2. The van der Waals surface area contributed by atoms with E-state index in [4.69, 9.17) is 0 Å². The highest BCUT2D eigenvalue weighted by atomic mass is 32.1. The van der Waals surface area contributed by atoms with E-state index in [1.54, 1.807) is 11.3 Å². The van der Waals surface area contributed by atoms with Crippen LogP contribution in [-0.4, -0.2) is 37.1 Å². The van der Waals surface area contributed by atoms with Gasteiger partial charge < -0.3 is 15.4 Å². The summed E-state index contributed by atoms with van der Waals surface area (Å²) in [6.45, 7) is 8.59. The molecule has 2 N–H and O–H groups in total. The number of hydrogen-bond acceptors (Lipinski definition) is 5. The van der Waals surface area contributed by atoms with Gasteiger partial charge in [-0.1, -0.05) is 20.3 Å². The molecule has 0 spiro atoms. The van der Waals surface area contributed by atoms with Crippen molar-refractivity contribution in [2.45, 2.75) is 58.9 Å². The first-order valence-corrected chi connectivity index (χ1v) is 9.48. The quantitative estimate of drug-likeness (QED) is 0.292. The fraction of sp³-hybridized carbons (Fsp3) is 0.706. The zero-order valence-corrected chi connectivity index (χ0v) is 16.0. The van der Waals surface area contributed by atoms with Gasteiger partial charge in [0.15, 0.2) is 5.96 Å². The molecule has 1 aromatic heterocycles. The molecule has 0 amide bonds. The van der Waals surface area contributed by atoms with E-state index in [0.29, 0.717) is 18.9 Å². The van der Waals surface area contributed by atoms with Gasteiger partial charge in [-0.2, -0.15) is 0 Å². The van der Waals surface area contributed by atoms with Crippen LogP contribution in [0.2, 0.25) is 0 Å². The number of rotatable bonds is 10. The third kappa shape index (κ3) is 8.29. The van der Waals surface area contributed by atoms with Crippen LogP contribution in [-0.2, 0) is 16.1 Å². The van der Waals surface area contributed by atoms with E-state index in [1.165, 1.54) is 7.11 Å². The second kappa shape index (κ2) is 11.8. The van der Waals surface area contributed by atoms with E-state index in [2.05, 4.69) is 44.6 Å². The monoisotopic (exact) mass is 354 g/mol. The molecule has 0 aliphatic carbocycles. The molecule has 6 nitrogen and oxygen atoms in total. The van der Waals surface area contributed by atoms with Gasteiger partial charge >= 0.3 is 5.97 Å². The van der Waals surface area contributed by atoms with Gasteiger partial charge in [-0.25, -0.2) is 9.98 Å². The Hall–Kier alpha value is -1.63. The molecule has 136 valence electrons. The number of unbranched alkanes of at least 4 members (excludes halogenated alkanes) is 2. The van der Waals surface area contributed by atoms with Crippen LogP contribution in [0.3, 0.4) is 0 Å². The molecule has 0 saturated heterocycles. The van der Waals surface area contributed by atoms with Crippen LogP contribution in [0.25, 0.3) is 0 Å². The molecule has 0 radical (unpaired) electrons. The highest BCUT2D eigenvalue weighted by Gasteiger charge is 2.05. The summed E-state index contributed by atoms with van der Waals surface area (Å²) >= 11 is 1.66. The van der Waals surface area contributed by atoms with E-state index in [0.717, 1.165) is 49.0 Å². The number of ether oxygens (including phenoxy) is 1. The number of thiazole rings is 1. The van der Waals surface area contributed by atoms with Gasteiger partial charge in [0.1, 0.15) is 5.01 Å². The van der Waals surface area contributed by atoms with Crippen molar-refractivity contribution in [2.75, 3.05) is 20.2 Å². The molecular formula is C17H30N4O2S. The summed E-state index contributed by atoms with van der Waals surface area (Å²) in [5, 5.41) is 9.71. The normalized spacial score (nSPS) is 11.6. The molecule has 0 aliphatic heterocycles. The number of carbonyl (C=O) groups is 1. The number of aliphatic imine (C=N–C) groups is 1. The van der Waals surface area contributed by atoms with Crippen molar-refractivity contribution in [3.8, 4) is 0 Å². The molecule has 1 aromatic rings. The van der Waals surface area contributed by atoms with Gasteiger partial charge in [0.25, 0.3) is 0 Å². The lowest BCUT2D eigenvalue weighted by molar-refractivity contribution is -0.140. The van der Waals surface area contributed by atoms with Crippen molar-refractivity contribution in [3.05, 3.63) is 16.1 Å². The summed E-state index contributed by atoms with van der Waals surface area (Å²) < 4.78 is 4.63. The van der Waals surface area contributed by atoms with Crippen molar-refractivity contribution < 1.29 is 9.53 Å². The largest absolute Gasteiger partial charge is 0.469 e. The van der Waals surface area contributed by atoms with Crippen molar-refractivity contribution in [2.24, 2.45) is 4.99 Å². The van der Waals surface area contributed by atoms with Crippen LogP contribution >= 0.6 is 11.3 Å². The second-order valence-electron chi connectivity index (χ2n) is 5.83. The Morgan fingerprint density at radius 3 is 2.75 bits per heavy atom. The first-order chi connectivity index (χ1) is 11.6. The average molecular weight is 355 g/mol. The lowest BCUT2D eigenvalue weighted by atomic mass is 10.2. The Labute approximate surface area is 149 Å². The first-order valence-electron chi connectivity index (χ1n) is 8.60. The van der Waals surface area contributed by atoms with Crippen LogP contribution < -0.4 is 10.6 Å². The minimum Gasteiger partial charge on any atom is -0.469 e. The van der Waals surface area contributed by atoms with E-state index < -0.39 is 0 Å². The first kappa shape index (κ1) is 20.4. The van der Waals surface area contributed by atoms with Crippen LogP contribution in [0, 0.1) is 0 Å². The Morgan fingerprint density at radius 2 is 2.12 bits per heavy atom. The average Bonchev–Trinajstić information content (AvgIpc) is 3.04. The van der Waals surface area contributed by atoms with Gasteiger partial charge in [0, 0.05) is 24.9 Å².